The third kappa shape index (κ3) is 12.7. The lowest BCUT2D eigenvalue weighted by molar-refractivity contribution is -0.142. The van der Waals surface area contributed by atoms with E-state index in [4.69, 9.17) is 5.26 Å². The topological polar surface area (TPSA) is 120 Å². The van der Waals surface area contributed by atoms with E-state index < -0.39 is 18.1 Å². The van der Waals surface area contributed by atoms with Crippen LogP contribution in [0.5, 0.6) is 0 Å². The number of hydrogen-bond acceptors (Lipinski definition) is 5. The Hall–Kier alpha value is -4.74. The molecule has 2 atom stereocenters. The lowest BCUT2D eigenvalue weighted by atomic mass is 10.0. The monoisotopic (exact) mass is 621 g/mol. The van der Waals surface area contributed by atoms with Gasteiger partial charge in [-0.15, -0.1) is 0 Å². The maximum Gasteiger partial charge on any atom is 0.326 e. The van der Waals surface area contributed by atoms with Gasteiger partial charge in [0.25, 0.3) is 0 Å². The van der Waals surface area contributed by atoms with Crippen LogP contribution in [0.2, 0.25) is 0 Å². The highest BCUT2D eigenvalue weighted by atomic mass is 16.4. The normalized spacial score (nSPS) is 13.0. The molecule has 0 aliphatic rings. The largest absolute Gasteiger partial charge is 0.480 e. The van der Waals surface area contributed by atoms with Gasteiger partial charge in [0.15, 0.2) is 0 Å². The lowest BCUT2D eigenvalue weighted by Gasteiger charge is -2.21. The second kappa shape index (κ2) is 18.9. The van der Waals surface area contributed by atoms with Crippen molar-refractivity contribution >= 4 is 11.9 Å². The highest BCUT2D eigenvalue weighted by molar-refractivity contribution is 5.87. The van der Waals surface area contributed by atoms with Crippen molar-refractivity contribution in [2.75, 3.05) is 0 Å². The van der Waals surface area contributed by atoms with Crippen molar-refractivity contribution < 1.29 is 14.7 Å². The van der Waals surface area contributed by atoms with Crippen molar-refractivity contribution in [1.29, 1.82) is 5.26 Å². The zero-order chi connectivity index (χ0) is 33.3. The molecule has 3 aromatic rings. The van der Waals surface area contributed by atoms with Crippen LogP contribution in [0.25, 0.3) is 0 Å². The Morgan fingerprint density at radius 2 is 1.59 bits per heavy atom. The maximum atomic E-state index is 13.6. The van der Waals surface area contributed by atoms with Gasteiger partial charge in [0.05, 0.1) is 29.7 Å². The Balaban J connectivity index is 1.69. The summed E-state index contributed by atoms with van der Waals surface area (Å²) >= 11 is 0. The van der Waals surface area contributed by atoms with Crippen molar-refractivity contribution in [1.82, 2.24) is 20.2 Å². The molecule has 0 saturated heterocycles. The predicted octanol–water partition coefficient (Wildman–Crippen LogP) is 6.88. The first kappa shape index (κ1) is 35.7. The number of amides is 1. The number of hydrogen-bond donors (Lipinski definition) is 3. The average molecular weight is 622 g/mol. The first-order chi connectivity index (χ1) is 22.1. The minimum Gasteiger partial charge on any atom is -0.480 e. The van der Waals surface area contributed by atoms with Crippen LogP contribution < -0.4 is 10.6 Å². The Morgan fingerprint density at radius 3 is 2.24 bits per heavy atom. The molecule has 0 aliphatic carbocycles. The van der Waals surface area contributed by atoms with Crippen molar-refractivity contribution in [2.24, 2.45) is 0 Å². The minimum atomic E-state index is -1.07. The van der Waals surface area contributed by atoms with Gasteiger partial charge >= 0.3 is 5.97 Å². The standard InChI is InChI=1S/C38H47N5O3/c1-28(2)10-8-11-29(3)12-9-13-30(4)16-21-35(37(44)42-36(38(45)46)22-31-14-6-5-7-15-31)41-25-34-24-40-27-43(34)26-33-19-17-32(23-39)18-20-33/h5-7,10,12,14-20,24,27,35-36,41H,8-9,11,13,21-22,25-26H2,1-4H3,(H,42,44)(H,45,46)/b29-12+,30-16+/t35?,36-/m0/s1. The van der Waals surface area contributed by atoms with E-state index in [9.17, 15) is 14.7 Å². The fourth-order valence-corrected chi connectivity index (χ4v) is 5.01. The van der Waals surface area contributed by atoms with Crippen LogP contribution >= 0.6 is 0 Å². The molecule has 8 heteroatoms. The Bertz CT molecular complexity index is 1540. The molecule has 8 nitrogen and oxygen atoms in total. The zero-order valence-electron chi connectivity index (χ0n) is 27.5. The molecule has 0 bridgehead atoms. The number of carbonyl (C=O) groups excluding carboxylic acids is 1. The maximum absolute atomic E-state index is 13.6. The molecule has 1 heterocycles. The summed E-state index contributed by atoms with van der Waals surface area (Å²) in [4.78, 5) is 30.0. The predicted molar refractivity (Wildman–Crippen MR) is 183 cm³/mol. The molecule has 0 aliphatic heterocycles. The van der Waals surface area contributed by atoms with Crippen molar-refractivity contribution in [3.8, 4) is 6.07 Å². The number of imidazole rings is 1. The van der Waals surface area contributed by atoms with Crippen LogP contribution in [0.15, 0.2) is 102 Å². The highest BCUT2D eigenvalue weighted by Gasteiger charge is 2.25. The van der Waals surface area contributed by atoms with Crippen LogP contribution in [-0.4, -0.2) is 38.6 Å². The minimum absolute atomic E-state index is 0.195. The third-order valence-corrected chi connectivity index (χ3v) is 7.80. The van der Waals surface area contributed by atoms with E-state index in [-0.39, 0.29) is 12.3 Å². The first-order valence-corrected chi connectivity index (χ1v) is 15.9. The Labute approximate surface area is 273 Å². The fourth-order valence-electron chi connectivity index (χ4n) is 5.01. The zero-order valence-corrected chi connectivity index (χ0v) is 27.5. The van der Waals surface area contributed by atoms with E-state index in [1.54, 1.807) is 24.7 Å². The summed E-state index contributed by atoms with van der Waals surface area (Å²) in [6, 6.07) is 17.1. The van der Waals surface area contributed by atoms with Gasteiger partial charge < -0.3 is 15.0 Å². The number of allylic oxidation sites excluding steroid dienone is 5. The molecule has 3 rings (SSSR count). The molecule has 0 spiro atoms. The number of benzene rings is 2. The fraction of sp³-hybridized carbons (Fsp3) is 0.368. The van der Waals surface area contributed by atoms with Gasteiger partial charge in [-0.05, 0) is 83.1 Å². The Morgan fingerprint density at radius 1 is 0.913 bits per heavy atom. The van der Waals surface area contributed by atoms with Gasteiger partial charge in [-0.2, -0.15) is 5.26 Å². The van der Waals surface area contributed by atoms with Gasteiger partial charge in [0, 0.05) is 25.7 Å². The first-order valence-electron chi connectivity index (χ1n) is 15.9. The van der Waals surface area contributed by atoms with E-state index >= 15 is 0 Å². The van der Waals surface area contributed by atoms with Crippen LogP contribution in [0, 0.1) is 11.3 Å². The number of aromatic nitrogens is 2. The molecule has 46 heavy (non-hydrogen) atoms. The van der Waals surface area contributed by atoms with E-state index in [0.717, 1.165) is 42.5 Å². The molecule has 1 aromatic heterocycles. The van der Waals surface area contributed by atoms with Crippen molar-refractivity contribution in [2.45, 2.75) is 91.4 Å². The second-order valence-electron chi connectivity index (χ2n) is 12.0. The highest BCUT2D eigenvalue weighted by Crippen LogP contribution is 2.14. The van der Waals surface area contributed by atoms with E-state index in [1.807, 2.05) is 47.0 Å². The number of nitrogens with zero attached hydrogens (tertiary/aromatic N) is 3. The van der Waals surface area contributed by atoms with Crippen LogP contribution in [0.1, 0.15) is 82.2 Å². The lowest BCUT2D eigenvalue weighted by Crippen LogP contribution is -2.50. The van der Waals surface area contributed by atoms with Crippen LogP contribution in [0.3, 0.4) is 0 Å². The van der Waals surface area contributed by atoms with E-state index in [0.29, 0.717) is 25.1 Å². The number of carboxylic acid groups (broad SMARTS) is 1. The summed E-state index contributed by atoms with van der Waals surface area (Å²) in [6.07, 6.45) is 14.7. The number of carbonyl (C=O) groups is 2. The summed E-state index contributed by atoms with van der Waals surface area (Å²) in [6.45, 7) is 9.41. The number of nitriles is 1. The quantitative estimate of drug-likeness (QED) is 0.133. The number of rotatable bonds is 18. The van der Waals surface area contributed by atoms with E-state index in [2.05, 4.69) is 67.6 Å². The summed E-state index contributed by atoms with van der Waals surface area (Å²) < 4.78 is 1.99. The van der Waals surface area contributed by atoms with Crippen LogP contribution in [0.4, 0.5) is 0 Å². The molecular formula is C38H47N5O3. The van der Waals surface area contributed by atoms with Gasteiger partial charge in [0.2, 0.25) is 5.91 Å². The van der Waals surface area contributed by atoms with Gasteiger partial charge in [-0.25, -0.2) is 9.78 Å². The number of carboxylic acids is 1. The van der Waals surface area contributed by atoms with Gasteiger partial charge in [0.1, 0.15) is 6.04 Å². The van der Waals surface area contributed by atoms with Crippen molar-refractivity contribution in [3.05, 3.63) is 124 Å². The summed E-state index contributed by atoms with van der Waals surface area (Å²) in [5, 5.41) is 25.1. The Kier molecular flexibility index (Phi) is 14.7. The average Bonchev–Trinajstić information content (AvgIpc) is 3.47. The van der Waals surface area contributed by atoms with E-state index in [1.165, 1.54) is 16.7 Å². The molecule has 3 N–H and O–H groups in total. The SMILES string of the molecule is CC(C)=CCC/C(C)=C/CC/C(C)=C/CC(NCc1cncn1Cc1ccc(C#N)cc1)C(=O)N[C@@H](Cc1ccccc1)C(=O)O. The third-order valence-electron chi connectivity index (χ3n) is 7.80. The summed E-state index contributed by atoms with van der Waals surface area (Å²) in [5.41, 5.74) is 7.24. The molecule has 0 saturated carbocycles. The molecule has 2 aromatic carbocycles. The molecular weight excluding hydrogens is 574 g/mol. The second-order valence-corrected chi connectivity index (χ2v) is 12.0. The van der Waals surface area contributed by atoms with Gasteiger partial charge in [-0.1, -0.05) is 77.4 Å². The van der Waals surface area contributed by atoms with Crippen LogP contribution in [-0.2, 0) is 29.1 Å². The van der Waals surface area contributed by atoms with Gasteiger partial charge in [-0.3, -0.25) is 10.1 Å². The molecule has 1 unspecified atom stereocenters. The summed E-state index contributed by atoms with van der Waals surface area (Å²) in [7, 11) is 0. The smallest absolute Gasteiger partial charge is 0.326 e. The summed E-state index contributed by atoms with van der Waals surface area (Å²) in [5.74, 6) is -1.43. The molecule has 242 valence electrons. The molecule has 0 fully saturated rings. The molecule has 1 amide bonds. The number of aliphatic carboxylic acids is 1. The number of nitrogens with one attached hydrogen (secondary N) is 2. The molecule has 0 radical (unpaired) electrons. The van der Waals surface area contributed by atoms with Crippen molar-refractivity contribution in [3.63, 3.8) is 0 Å².